The van der Waals surface area contributed by atoms with Crippen LogP contribution in [0.1, 0.15) is 26.7 Å². The zero-order chi connectivity index (χ0) is 7.11. The highest BCUT2D eigenvalue weighted by atomic mass is 16.5. The summed E-state index contributed by atoms with van der Waals surface area (Å²) >= 11 is 0. The van der Waals surface area contributed by atoms with Crippen LogP contribution in [0.15, 0.2) is 0 Å². The summed E-state index contributed by atoms with van der Waals surface area (Å²) in [5.41, 5.74) is 0. The van der Waals surface area contributed by atoms with Crippen LogP contribution in [0.4, 0.5) is 0 Å². The van der Waals surface area contributed by atoms with Crippen molar-refractivity contribution in [2.24, 2.45) is 0 Å². The SMILES string of the molecule is C#CC(C)OCCCC. The summed E-state index contributed by atoms with van der Waals surface area (Å²) in [4.78, 5) is 0. The molecule has 0 aliphatic rings. The van der Waals surface area contributed by atoms with E-state index < -0.39 is 0 Å². The van der Waals surface area contributed by atoms with Gasteiger partial charge in [0.1, 0.15) is 6.10 Å². The Labute approximate surface area is 57.4 Å². The van der Waals surface area contributed by atoms with E-state index in [0.29, 0.717) is 0 Å². The topological polar surface area (TPSA) is 9.23 Å². The van der Waals surface area contributed by atoms with Gasteiger partial charge in [-0.3, -0.25) is 0 Å². The molecule has 0 aromatic rings. The Morgan fingerprint density at radius 2 is 2.33 bits per heavy atom. The third-order valence-electron chi connectivity index (χ3n) is 1.10. The second-order valence-corrected chi connectivity index (χ2v) is 2.03. The van der Waals surface area contributed by atoms with E-state index in [-0.39, 0.29) is 6.10 Å². The maximum absolute atomic E-state index is 5.20. The van der Waals surface area contributed by atoms with E-state index in [4.69, 9.17) is 11.2 Å². The standard InChI is InChI=1S/C8H14O/c1-4-6-7-9-8(3)5-2/h2,8H,4,6-7H2,1,3H3. The van der Waals surface area contributed by atoms with E-state index in [0.717, 1.165) is 19.4 Å². The van der Waals surface area contributed by atoms with Crippen LogP contribution in [0.3, 0.4) is 0 Å². The predicted molar refractivity (Wildman–Crippen MR) is 39.2 cm³/mol. The molecule has 9 heavy (non-hydrogen) atoms. The fraction of sp³-hybridized carbons (Fsp3) is 0.750. The first-order valence-electron chi connectivity index (χ1n) is 3.39. The zero-order valence-electron chi connectivity index (χ0n) is 6.18. The van der Waals surface area contributed by atoms with Crippen molar-refractivity contribution in [3.63, 3.8) is 0 Å². The fourth-order valence-corrected chi connectivity index (χ4v) is 0.453. The number of terminal acetylenes is 1. The van der Waals surface area contributed by atoms with Crippen molar-refractivity contribution in [1.29, 1.82) is 0 Å². The Morgan fingerprint density at radius 3 is 2.78 bits per heavy atom. The van der Waals surface area contributed by atoms with Crippen LogP contribution in [0, 0.1) is 12.3 Å². The number of hydrogen-bond acceptors (Lipinski definition) is 1. The molecule has 0 saturated carbocycles. The van der Waals surface area contributed by atoms with Crippen molar-refractivity contribution in [1.82, 2.24) is 0 Å². The quantitative estimate of drug-likeness (QED) is 0.412. The predicted octanol–water partition coefficient (Wildman–Crippen LogP) is 1.82. The van der Waals surface area contributed by atoms with Crippen LogP contribution in [-0.2, 0) is 4.74 Å². The Morgan fingerprint density at radius 1 is 1.67 bits per heavy atom. The van der Waals surface area contributed by atoms with Gasteiger partial charge in [0.2, 0.25) is 0 Å². The smallest absolute Gasteiger partial charge is 0.115 e. The molecule has 0 spiro atoms. The molecule has 0 rings (SSSR count). The molecule has 0 aliphatic heterocycles. The molecule has 0 radical (unpaired) electrons. The van der Waals surface area contributed by atoms with Crippen molar-refractivity contribution in [2.45, 2.75) is 32.8 Å². The third kappa shape index (κ3) is 5.39. The largest absolute Gasteiger partial charge is 0.366 e. The van der Waals surface area contributed by atoms with Crippen molar-refractivity contribution >= 4 is 0 Å². The normalized spacial score (nSPS) is 12.6. The second-order valence-electron chi connectivity index (χ2n) is 2.03. The minimum Gasteiger partial charge on any atom is -0.366 e. The lowest BCUT2D eigenvalue weighted by molar-refractivity contribution is 0.101. The van der Waals surface area contributed by atoms with Crippen molar-refractivity contribution in [3.8, 4) is 12.3 Å². The highest BCUT2D eigenvalue weighted by molar-refractivity contribution is 4.91. The van der Waals surface area contributed by atoms with Crippen LogP contribution in [0.2, 0.25) is 0 Å². The van der Waals surface area contributed by atoms with Crippen LogP contribution in [0.5, 0.6) is 0 Å². The van der Waals surface area contributed by atoms with Gasteiger partial charge in [-0.2, -0.15) is 0 Å². The average Bonchev–Trinajstić information content (AvgIpc) is 1.89. The first-order chi connectivity index (χ1) is 4.31. The fourth-order valence-electron chi connectivity index (χ4n) is 0.453. The first-order valence-corrected chi connectivity index (χ1v) is 3.39. The van der Waals surface area contributed by atoms with E-state index in [1.54, 1.807) is 0 Å². The second kappa shape index (κ2) is 5.65. The van der Waals surface area contributed by atoms with Crippen LogP contribution in [0.25, 0.3) is 0 Å². The maximum Gasteiger partial charge on any atom is 0.115 e. The maximum atomic E-state index is 5.20. The molecule has 0 N–H and O–H groups in total. The molecular weight excluding hydrogens is 112 g/mol. The highest BCUT2D eigenvalue weighted by Crippen LogP contribution is 1.92. The molecule has 0 heterocycles. The molecule has 0 fully saturated rings. The van der Waals surface area contributed by atoms with Gasteiger partial charge in [0.15, 0.2) is 0 Å². The molecule has 0 aromatic carbocycles. The number of hydrogen-bond donors (Lipinski definition) is 0. The van der Waals surface area contributed by atoms with Crippen LogP contribution >= 0.6 is 0 Å². The molecule has 0 aromatic heterocycles. The Balaban J connectivity index is 2.99. The summed E-state index contributed by atoms with van der Waals surface area (Å²) < 4.78 is 5.20. The lowest BCUT2D eigenvalue weighted by Gasteiger charge is -2.03. The van der Waals surface area contributed by atoms with Gasteiger partial charge in [-0.05, 0) is 13.3 Å². The summed E-state index contributed by atoms with van der Waals surface area (Å²) in [7, 11) is 0. The number of rotatable bonds is 4. The Hall–Kier alpha value is -0.480. The summed E-state index contributed by atoms with van der Waals surface area (Å²) in [6, 6.07) is 0. The zero-order valence-corrected chi connectivity index (χ0v) is 6.18. The van der Waals surface area contributed by atoms with Crippen molar-refractivity contribution in [3.05, 3.63) is 0 Å². The molecule has 52 valence electrons. The molecule has 1 atom stereocenters. The number of unbranched alkanes of at least 4 members (excludes halogenated alkanes) is 1. The summed E-state index contributed by atoms with van der Waals surface area (Å²) in [6.45, 7) is 4.81. The molecule has 1 unspecified atom stereocenters. The van der Waals surface area contributed by atoms with E-state index in [9.17, 15) is 0 Å². The molecule has 1 heteroatoms. The van der Waals surface area contributed by atoms with Crippen LogP contribution < -0.4 is 0 Å². The monoisotopic (exact) mass is 126 g/mol. The van der Waals surface area contributed by atoms with Gasteiger partial charge in [0.25, 0.3) is 0 Å². The summed E-state index contributed by atoms with van der Waals surface area (Å²) in [6.07, 6.45) is 7.33. The summed E-state index contributed by atoms with van der Waals surface area (Å²) in [5, 5.41) is 0. The Kier molecular flexibility index (Phi) is 5.35. The van der Waals surface area contributed by atoms with E-state index in [1.807, 2.05) is 6.92 Å². The lowest BCUT2D eigenvalue weighted by atomic mass is 10.3. The van der Waals surface area contributed by atoms with Gasteiger partial charge >= 0.3 is 0 Å². The Bertz CT molecular complexity index is 91.2. The van der Waals surface area contributed by atoms with Gasteiger partial charge in [-0.25, -0.2) is 0 Å². The molecule has 0 amide bonds. The summed E-state index contributed by atoms with van der Waals surface area (Å²) in [5.74, 6) is 2.50. The van der Waals surface area contributed by atoms with Crippen molar-refractivity contribution in [2.75, 3.05) is 6.61 Å². The number of ether oxygens (including phenoxy) is 1. The van der Waals surface area contributed by atoms with Gasteiger partial charge in [-0.15, -0.1) is 6.42 Å². The van der Waals surface area contributed by atoms with E-state index in [2.05, 4.69) is 12.8 Å². The highest BCUT2D eigenvalue weighted by Gasteiger charge is 1.92. The molecular formula is C8H14O. The third-order valence-corrected chi connectivity index (χ3v) is 1.10. The van der Waals surface area contributed by atoms with Gasteiger partial charge in [0, 0.05) is 6.61 Å². The molecule has 1 nitrogen and oxygen atoms in total. The molecule has 0 saturated heterocycles. The van der Waals surface area contributed by atoms with Gasteiger partial charge in [0.05, 0.1) is 0 Å². The lowest BCUT2D eigenvalue weighted by Crippen LogP contribution is -2.05. The van der Waals surface area contributed by atoms with Crippen molar-refractivity contribution < 1.29 is 4.74 Å². The molecule has 0 bridgehead atoms. The average molecular weight is 126 g/mol. The van der Waals surface area contributed by atoms with Gasteiger partial charge < -0.3 is 4.74 Å². The minimum absolute atomic E-state index is 0.0171. The molecule has 0 aliphatic carbocycles. The van der Waals surface area contributed by atoms with Crippen LogP contribution in [-0.4, -0.2) is 12.7 Å². The minimum atomic E-state index is -0.0171. The first kappa shape index (κ1) is 8.52. The van der Waals surface area contributed by atoms with E-state index >= 15 is 0 Å². The van der Waals surface area contributed by atoms with E-state index in [1.165, 1.54) is 0 Å². The van der Waals surface area contributed by atoms with Gasteiger partial charge in [-0.1, -0.05) is 19.3 Å².